The number of benzene rings is 3. The number of hydrogen-bond donors (Lipinski definition) is 0. The highest BCUT2D eigenvalue weighted by Crippen LogP contribution is 2.57. The van der Waals surface area contributed by atoms with Crippen molar-refractivity contribution in [2.45, 2.75) is 53.5 Å². The zero-order valence-corrected chi connectivity index (χ0v) is 42.3. The molecule has 0 fully saturated rings. The van der Waals surface area contributed by atoms with Crippen molar-refractivity contribution in [1.82, 2.24) is 0 Å². The molecule has 0 aromatic heterocycles. The Labute approximate surface area is 355 Å². The second-order valence-electron chi connectivity index (χ2n) is 18.9. The van der Waals surface area contributed by atoms with E-state index in [0.29, 0.717) is 0 Å². The minimum Gasteiger partial charge on any atom is -0.377 e. The van der Waals surface area contributed by atoms with Gasteiger partial charge in [-0.2, -0.15) is 0 Å². The summed E-state index contributed by atoms with van der Waals surface area (Å²) in [5, 5.41) is 3.78. The van der Waals surface area contributed by atoms with E-state index in [1.807, 2.05) is 0 Å². The van der Waals surface area contributed by atoms with E-state index >= 15 is 0 Å². The molecule has 10 heteroatoms. The van der Waals surface area contributed by atoms with Gasteiger partial charge in [0.05, 0.1) is 34.1 Å². The molecule has 1 unspecified atom stereocenters. The Morgan fingerprint density at radius 1 is 0.362 bits per heavy atom. The Morgan fingerprint density at radius 3 is 0.776 bits per heavy atom. The topological polar surface area (TPSA) is 29.2 Å². The van der Waals surface area contributed by atoms with Crippen molar-refractivity contribution < 1.29 is 0 Å². The van der Waals surface area contributed by atoms with E-state index in [0.717, 1.165) is 0 Å². The molecule has 58 heavy (non-hydrogen) atoms. The molecule has 0 aliphatic heterocycles. The molecular weight excluding hydrogens is 731 g/mol. The van der Waals surface area contributed by atoms with Gasteiger partial charge in [-0.05, 0) is 97.6 Å². The maximum atomic E-state index is 2.67. The molecule has 0 N–H and O–H groups in total. The quantitative estimate of drug-likeness (QED) is 0.138. The lowest BCUT2D eigenvalue weighted by Crippen LogP contribution is -2.75. The molecule has 320 valence electrons. The second-order valence-corrected chi connectivity index (χ2v) is 23.0. The lowest BCUT2D eigenvalue weighted by molar-refractivity contribution is 0.868. The fourth-order valence-corrected chi connectivity index (χ4v) is 17.4. The predicted molar refractivity (Wildman–Crippen MR) is 268 cm³/mol. The lowest BCUT2D eigenvalue weighted by Gasteiger charge is -2.52. The smallest absolute Gasteiger partial charge is 0.169 e. The molecule has 9 nitrogen and oxygen atoms in total. The molecule has 0 radical (unpaired) electrons. The molecule has 0 bridgehead atoms. The molecule has 0 saturated carbocycles. The van der Waals surface area contributed by atoms with Crippen molar-refractivity contribution in [2.75, 3.05) is 171 Å². The summed E-state index contributed by atoms with van der Waals surface area (Å²) in [6.45, 7) is 16.6. The number of allylic oxidation sites excluding steroid dienone is 4. The molecule has 0 spiro atoms. The number of anilines is 9. The Hall–Kier alpha value is -4.44. The van der Waals surface area contributed by atoms with Gasteiger partial charge in [0.25, 0.3) is 0 Å². The maximum absolute atomic E-state index is 3.54. The monoisotopic (exact) mass is 810 g/mol. The van der Waals surface area contributed by atoms with E-state index in [9.17, 15) is 0 Å². The van der Waals surface area contributed by atoms with Gasteiger partial charge in [0, 0.05) is 149 Å². The van der Waals surface area contributed by atoms with E-state index in [2.05, 4.69) is 244 Å². The molecule has 4 rings (SSSR count). The zero-order valence-electron chi connectivity index (χ0n) is 41.3. The first-order chi connectivity index (χ1) is 26.6. The molecule has 0 heterocycles. The van der Waals surface area contributed by atoms with Gasteiger partial charge in [-0.15, -0.1) is 0 Å². The van der Waals surface area contributed by atoms with Gasteiger partial charge < -0.3 is 44.1 Å². The summed E-state index contributed by atoms with van der Waals surface area (Å²) in [4.78, 5) is 21.3. The summed E-state index contributed by atoms with van der Waals surface area (Å²) < 4.78 is 0. The van der Waals surface area contributed by atoms with Crippen molar-refractivity contribution in [3.63, 3.8) is 0 Å². The van der Waals surface area contributed by atoms with Crippen LogP contribution in [0.25, 0.3) is 0 Å². The average Bonchev–Trinajstić information content (AvgIpc) is 3.29. The van der Waals surface area contributed by atoms with Gasteiger partial charge in [-0.3, -0.25) is 0 Å². The van der Waals surface area contributed by atoms with Crippen LogP contribution in [0.3, 0.4) is 0 Å². The van der Waals surface area contributed by atoms with Crippen molar-refractivity contribution in [3.8, 4) is 0 Å². The highest BCUT2D eigenvalue weighted by molar-refractivity contribution is 7.16. The van der Waals surface area contributed by atoms with E-state index in [-0.39, 0.29) is 0 Å². The minimum absolute atomic E-state index is 0.422. The van der Waals surface area contributed by atoms with Gasteiger partial charge in [-0.1, -0.05) is 24.1 Å². The number of nitrogens with zero attached hydrogens (tertiary/aromatic N) is 9. The molecule has 0 saturated heterocycles. The van der Waals surface area contributed by atoms with Crippen LogP contribution in [-0.2, 0) is 0 Å². The largest absolute Gasteiger partial charge is 0.377 e. The SMILES string of the molecule is CC1=CC(C)([Si](c2cc(N(C)C)c(C)c(N(C)C)c2N(C)C)(c2cc(N(C)C)c(C)c(N(C)C)c2N(C)C)c2cc(N(C)C)c(C)c(N(C)C)c2N(C)C)C(C)=C1C. The van der Waals surface area contributed by atoms with Crippen LogP contribution < -0.4 is 59.7 Å². The van der Waals surface area contributed by atoms with Crippen molar-refractivity contribution >= 4 is 74.8 Å². The summed E-state index contributed by atoms with van der Waals surface area (Å²) in [5.41, 5.74) is 19.3. The fourth-order valence-electron chi connectivity index (χ4n) is 10.5. The summed E-state index contributed by atoms with van der Waals surface area (Å²) >= 11 is 0. The number of hydrogen-bond acceptors (Lipinski definition) is 9. The summed E-state index contributed by atoms with van der Waals surface area (Å²) in [7, 11) is 36.5. The van der Waals surface area contributed by atoms with E-state index in [1.165, 1.54) is 100 Å². The summed E-state index contributed by atoms with van der Waals surface area (Å²) in [6, 6.07) is 7.81. The average molecular weight is 810 g/mol. The Balaban J connectivity index is 2.82. The number of rotatable bonds is 13. The van der Waals surface area contributed by atoms with Crippen LogP contribution in [-0.4, -0.2) is 135 Å². The normalized spacial score (nSPS) is 15.4. The van der Waals surface area contributed by atoms with Crippen LogP contribution in [0.2, 0.25) is 5.04 Å². The van der Waals surface area contributed by atoms with Gasteiger partial charge >= 0.3 is 0 Å². The first-order valence-electron chi connectivity index (χ1n) is 20.6. The second kappa shape index (κ2) is 16.3. The lowest BCUT2D eigenvalue weighted by atomic mass is 10.0. The zero-order chi connectivity index (χ0) is 44.4. The third kappa shape index (κ3) is 6.96. The molecule has 0 amide bonds. The fraction of sp³-hybridized carbons (Fsp3) is 0.542. The molecular formula is C48H79N9Si. The van der Waals surface area contributed by atoms with E-state index < -0.39 is 13.1 Å². The summed E-state index contributed by atoms with van der Waals surface area (Å²) in [5.74, 6) is 0. The summed E-state index contributed by atoms with van der Waals surface area (Å²) in [6.07, 6.45) is 2.67. The Morgan fingerprint density at radius 2 is 0.603 bits per heavy atom. The van der Waals surface area contributed by atoms with E-state index in [4.69, 9.17) is 0 Å². The van der Waals surface area contributed by atoms with Gasteiger partial charge in [0.2, 0.25) is 0 Å². The first-order valence-corrected chi connectivity index (χ1v) is 22.6. The molecule has 3 aromatic rings. The van der Waals surface area contributed by atoms with Crippen LogP contribution in [0.15, 0.2) is 41.0 Å². The van der Waals surface area contributed by atoms with Crippen molar-refractivity contribution in [3.05, 3.63) is 57.7 Å². The Kier molecular flexibility index (Phi) is 13.0. The van der Waals surface area contributed by atoms with Crippen LogP contribution in [0.5, 0.6) is 0 Å². The maximum Gasteiger partial charge on any atom is 0.169 e. The van der Waals surface area contributed by atoms with Crippen LogP contribution in [0, 0.1) is 20.8 Å². The van der Waals surface area contributed by atoms with Gasteiger partial charge in [0.15, 0.2) is 8.07 Å². The highest BCUT2D eigenvalue weighted by atomic mass is 28.3. The van der Waals surface area contributed by atoms with Crippen LogP contribution >= 0.6 is 0 Å². The first kappa shape index (κ1) is 46.2. The Bertz CT molecular complexity index is 1920. The molecule has 1 aliphatic rings. The van der Waals surface area contributed by atoms with Crippen molar-refractivity contribution in [1.29, 1.82) is 0 Å². The van der Waals surface area contributed by atoms with Crippen LogP contribution in [0.1, 0.15) is 44.4 Å². The molecule has 1 atom stereocenters. The van der Waals surface area contributed by atoms with Crippen LogP contribution in [0.4, 0.5) is 51.2 Å². The highest BCUT2D eigenvalue weighted by Gasteiger charge is 2.61. The third-order valence-electron chi connectivity index (χ3n) is 13.1. The molecule has 3 aromatic carbocycles. The van der Waals surface area contributed by atoms with Gasteiger partial charge in [-0.25, -0.2) is 0 Å². The third-order valence-corrected chi connectivity index (χ3v) is 18.7. The molecule has 1 aliphatic carbocycles. The van der Waals surface area contributed by atoms with Crippen molar-refractivity contribution in [2.24, 2.45) is 0 Å². The van der Waals surface area contributed by atoms with E-state index in [1.54, 1.807) is 0 Å². The predicted octanol–water partition coefficient (Wildman–Crippen LogP) is 6.73. The minimum atomic E-state index is -3.54. The standard InChI is InChI=1S/C48H79N9Si/c1-30-29-48(7,35(6)31(30)2)58(39-26-36(49(8)9)32(3)42(52(14)15)45(39)55(20)21,40-27-37(50(10)11)33(4)43(53(16)17)46(40)56(22)23)41-28-38(51(12)13)34(5)44(54(18)19)47(41)57(24)25/h26-29H,1-25H3. The van der Waals surface area contributed by atoms with Gasteiger partial charge in [0.1, 0.15) is 0 Å².